The number of carbonyl (C=O) groups is 2. The molecule has 1 atom stereocenters. The first kappa shape index (κ1) is 16.8. The van der Waals surface area contributed by atoms with E-state index in [1.807, 2.05) is 30.3 Å². The highest BCUT2D eigenvalue weighted by Gasteiger charge is 2.31. The second-order valence-corrected chi connectivity index (χ2v) is 5.78. The van der Waals surface area contributed by atoms with Gasteiger partial charge >= 0.3 is 0 Å². The molecule has 0 aliphatic carbocycles. The van der Waals surface area contributed by atoms with Crippen LogP contribution < -0.4 is 19.7 Å². The van der Waals surface area contributed by atoms with Crippen LogP contribution in [0.25, 0.3) is 0 Å². The number of amides is 2. The van der Waals surface area contributed by atoms with Crippen LogP contribution >= 0.6 is 0 Å². The summed E-state index contributed by atoms with van der Waals surface area (Å²) in [6, 6.07) is 16.3. The lowest BCUT2D eigenvalue weighted by Crippen LogP contribution is -2.39. The third kappa shape index (κ3) is 4.29. The molecule has 0 bridgehead atoms. The lowest BCUT2D eigenvalue weighted by Gasteiger charge is -2.17. The summed E-state index contributed by atoms with van der Waals surface area (Å²) in [6.45, 7) is 0.358. The van der Waals surface area contributed by atoms with Crippen LogP contribution in [0.3, 0.4) is 0 Å². The fourth-order valence-corrected chi connectivity index (χ4v) is 2.77. The van der Waals surface area contributed by atoms with E-state index in [9.17, 15) is 9.59 Å². The molecule has 3 rings (SSSR count). The molecule has 25 heavy (non-hydrogen) atoms. The molecule has 2 aromatic carbocycles. The number of hydrogen-bond acceptors (Lipinski definition) is 4. The van der Waals surface area contributed by atoms with Crippen LogP contribution in [0.15, 0.2) is 54.6 Å². The molecule has 6 heteroatoms. The second kappa shape index (κ2) is 7.70. The van der Waals surface area contributed by atoms with Gasteiger partial charge in [0.1, 0.15) is 11.5 Å². The standard InChI is InChI=1S/C19H20N2O4/c1-24-16-8-5-9-17(11-16)25-13-18(22)20-14-10-19(23)21(12-14)15-6-3-2-4-7-15/h2-9,11,14H,10,12-13H2,1H3,(H,20,22). The molecule has 1 heterocycles. The lowest BCUT2D eigenvalue weighted by molar-refractivity contribution is -0.123. The summed E-state index contributed by atoms with van der Waals surface area (Å²) >= 11 is 0. The molecule has 6 nitrogen and oxygen atoms in total. The van der Waals surface area contributed by atoms with Crippen molar-refractivity contribution < 1.29 is 19.1 Å². The first-order valence-corrected chi connectivity index (χ1v) is 8.07. The maximum atomic E-state index is 12.1. The number of benzene rings is 2. The number of nitrogens with one attached hydrogen (secondary N) is 1. The Labute approximate surface area is 146 Å². The maximum Gasteiger partial charge on any atom is 0.258 e. The zero-order valence-corrected chi connectivity index (χ0v) is 14.0. The van der Waals surface area contributed by atoms with Gasteiger partial charge in [-0.25, -0.2) is 0 Å². The summed E-state index contributed by atoms with van der Waals surface area (Å²) in [5.74, 6) is 0.974. The predicted octanol–water partition coefficient (Wildman–Crippen LogP) is 2.00. The van der Waals surface area contributed by atoms with Crippen molar-refractivity contribution in [2.45, 2.75) is 12.5 Å². The number of rotatable bonds is 6. The molecule has 1 saturated heterocycles. The minimum Gasteiger partial charge on any atom is -0.497 e. The minimum atomic E-state index is -0.254. The Hall–Kier alpha value is -3.02. The van der Waals surface area contributed by atoms with Crippen molar-refractivity contribution in [1.82, 2.24) is 5.32 Å². The number of ether oxygens (including phenoxy) is 2. The highest BCUT2D eigenvalue weighted by atomic mass is 16.5. The molecule has 1 unspecified atom stereocenters. The molecule has 2 amide bonds. The molecule has 1 aliphatic heterocycles. The van der Waals surface area contributed by atoms with Gasteiger partial charge in [-0.3, -0.25) is 9.59 Å². The van der Waals surface area contributed by atoms with Crippen LogP contribution in [0, 0.1) is 0 Å². The summed E-state index contributed by atoms with van der Waals surface area (Å²) in [5, 5.41) is 2.85. The van der Waals surface area contributed by atoms with E-state index in [0.29, 0.717) is 24.5 Å². The fraction of sp³-hybridized carbons (Fsp3) is 0.263. The maximum absolute atomic E-state index is 12.1. The van der Waals surface area contributed by atoms with Crippen molar-refractivity contribution in [3.8, 4) is 11.5 Å². The van der Waals surface area contributed by atoms with Gasteiger partial charge in [0.05, 0.1) is 13.2 Å². The number of methoxy groups -OCH3 is 1. The van der Waals surface area contributed by atoms with E-state index < -0.39 is 0 Å². The van der Waals surface area contributed by atoms with E-state index in [1.165, 1.54) is 0 Å². The van der Waals surface area contributed by atoms with Gasteiger partial charge in [0, 0.05) is 24.7 Å². The summed E-state index contributed by atoms with van der Waals surface area (Å²) in [6.07, 6.45) is 0.291. The molecule has 1 fully saturated rings. The second-order valence-electron chi connectivity index (χ2n) is 5.78. The van der Waals surface area contributed by atoms with Crippen molar-refractivity contribution >= 4 is 17.5 Å². The molecular formula is C19H20N2O4. The van der Waals surface area contributed by atoms with Crippen molar-refractivity contribution in [2.75, 3.05) is 25.2 Å². The first-order chi connectivity index (χ1) is 12.2. The summed E-state index contributed by atoms with van der Waals surface area (Å²) < 4.78 is 10.6. The van der Waals surface area contributed by atoms with Gasteiger partial charge in [-0.1, -0.05) is 24.3 Å². The molecular weight excluding hydrogens is 320 g/mol. The van der Waals surface area contributed by atoms with Crippen molar-refractivity contribution in [1.29, 1.82) is 0 Å². The van der Waals surface area contributed by atoms with Crippen molar-refractivity contribution in [3.05, 3.63) is 54.6 Å². The quantitative estimate of drug-likeness (QED) is 0.873. The van der Waals surface area contributed by atoms with E-state index in [-0.39, 0.29) is 24.5 Å². The van der Waals surface area contributed by atoms with E-state index in [4.69, 9.17) is 9.47 Å². The lowest BCUT2D eigenvalue weighted by atomic mass is 10.2. The molecule has 1 N–H and O–H groups in total. The van der Waals surface area contributed by atoms with Gasteiger partial charge in [-0.15, -0.1) is 0 Å². The average Bonchev–Trinajstić information content (AvgIpc) is 3.01. The number of nitrogens with zero attached hydrogens (tertiary/aromatic N) is 1. The molecule has 2 aromatic rings. The number of anilines is 1. The Balaban J connectivity index is 1.51. The third-order valence-electron chi connectivity index (χ3n) is 3.97. The van der Waals surface area contributed by atoms with Gasteiger partial charge in [-0.05, 0) is 24.3 Å². The van der Waals surface area contributed by atoms with Crippen molar-refractivity contribution in [2.24, 2.45) is 0 Å². The zero-order valence-electron chi connectivity index (χ0n) is 14.0. The average molecular weight is 340 g/mol. The predicted molar refractivity (Wildman–Crippen MR) is 93.8 cm³/mol. The SMILES string of the molecule is COc1cccc(OCC(=O)NC2CC(=O)N(c3ccccc3)C2)c1. The summed E-state index contributed by atoms with van der Waals surface area (Å²) in [5.41, 5.74) is 0.844. The molecule has 0 saturated carbocycles. The van der Waals surface area contributed by atoms with Gasteiger partial charge in [-0.2, -0.15) is 0 Å². The first-order valence-electron chi connectivity index (χ1n) is 8.07. The Morgan fingerprint density at radius 3 is 2.68 bits per heavy atom. The van der Waals surface area contributed by atoms with E-state index >= 15 is 0 Å². The van der Waals surface area contributed by atoms with E-state index in [0.717, 1.165) is 5.69 Å². The normalized spacial score (nSPS) is 16.6. The van der Waals surface area contributed by atoms with Gasteiger partial charge < -0.3 is 19.7 Å². The Morgan fingerprint density at radius 1 is 1.16 bits per heavy atom. The van der Waals surface area contributed by atoms with Crippen LogP contribution in [-0.4, -0.2) is 38.1 Å². The van der Waals surface area contributed by atoms with Crippen LogP contribution in [0.4, 0.5) is 5.69 Å². The zero-order chi connectivity index (χ0) is 17.6. The Kier molecular flexibility index (Phi) is 5.18. The monoisotopic (exact) mass is 340 g/mol. The fourth-order valence-electron chi connectivity index (χ4n) is 2.77. The molecule has 0 radical (unpaired) electrons. The number of para-hydroxylation sites is 1. The van der Waals surface area contributed by atoms with E-state index in [1.54, 1.807) is 36.3 Å². The van der Waals surface area contributed by atoms with Gasteiger partial charge in [0.15, 0.2) is 6.61 Å². The highest BCUT2D eigenvalue weighted by Crippen LogP contribution is 2.21. The van der Waals surface area contributed by atoms with Crippen molar-refractivity contribution in [3.63, 3.8) is 0 Å². The van der Waals surface area contributed by atoms with Crippen LogP contribution in [-0.2, 0) is 9.59 Å². The number of hydrogen-bond donors (Lipinski definition) is 1. The molecule has 0 spiro atoms. The summed E-state index contributed by atoms with van der Waals surface area (Å²) in [4.78, 5) is 25.9. The smallest absolute Gasteiger partial charge is 0.258 e. The van der Waals surface area contributed by atoms with Crippen LogP contribution in [0.1, 0.15) is 6.42 Å². The third-order valence-corrected chi connectivity index (χ3v) is 3.97. The highest BCUT2D eigenvalue weighted by molar-refractivity contribution is 5.96. The summed E-state index contributed by atoms with van der Waals surface area (Å²) in [7, 11) is 1.57. The Bertz CT molecular complexity index is 748. The van der Waals surface area contributed by atoms with Crippen LogP contribution in [0.2, 0.25) is 0 Å². The van der Waals surface area contributed by atoms with Gasteiger partial charge in [0.25, 0.3) is 5.91 Å². The molecule has 1 aliphatic rings. The number of carbonyl (C=O) groups excluding carboxylic acids is 2. The Morgan fingerprint density at radius 2 is 1.92 bits per heavy atom. The van der Waals surface area contributed by atoms with E-state index in [2.05, 4.69) is 5.32 Å². The molecule has 0 aromatic heterocycles. The minimum absolute atomic E-state index is 0.00483. The topological polar surface area (TPSA) is 67.9 Å². The van der Waals surface area contributed by atoms with Crippen LogP contribution in [0.5, 0.6) is 11.5 Å². The van der Waals surface area contributed by atoms with Gasteiger partial charge in [0.2, 0.25) is 5.91 Å². The largest absolute Gasteiger partial charge is 0.497 e. The molecule has 130 valence electrons.